The second-order valence-corrected chi connectivity index (χ2v) is 2.05. The van der Waals surface area contributed by atoms with E-state index in [-0.39, 0.29) is 4.90 Å². The normalized spacial score (nSPS) is 9.70. The quantitative estimate of drug-likeness (QED) is 0.369. The molecule has 0 amide bonds. The van der Waals surface area contributed by atoms with E-state index in [2.05, 4.69) is 12.6 Å². The van der Waals surface area contributed by atoms with Crippen molar-refractivity contribution >= 4 is 12.6 Å². The van der Waals surface area contributed by atoms with Crippen molar-refractivity contribution in [1.29, 1.82) is 0 Å². The molecule has 5 nitrogen and oxygen atoms in total. The molecule has 0 fully saturated rings. The maximum atomic E-state index is 10.5. The molecule has 1 aromatic rings. The van der Waals surface area contributed by atoms with Crippen LogP contribution in [0.3, 0.4) is 0 Å². The number of nitrogens with one attached hydrogen (secondary N) is 2. The maximum absolute atomic E-state index is 10.5. The number of aromatic amines is 2. The summed E-state index contributed by atoms with van der Waals surface area (Å²) in [6.07, 6.45) is 0. The van der Waals surface area contributed by atoms with Crippen LogP contribution in [-0.2, 0) is 0 Å². The molecule has 0 aliphatic heterocycles. The summed E-state index contributed by atoms with van der Waals surface area (Å²) in [4.78, 5) is 24.5. The molecule has 1 rings (SSSR count). The minimum atomic E-state index is -0.750. The highest BCUT2D eigenvalue weighted by Crippen LogP contribution is 2.07. The maximum Gasteiger partial charge on any atom is 0.328 e. The van der Waals surface area contributed by atoms with Crippen molar-refractivity contribution in [3.05, 3.63) is 20.8 Å². The van der Waals surface area contributed by atoms with Gasteiger partial charge < -0.3 is 5.11 Å². The van der Waals surface area contributed by atoms with Gasteiger partial charge in [0.1, 0.15) is 4.90 Å². The van der Waals surface area contributed by atoms with E-state index >= 15 is 0 Å². The van der Waals surface area contributed by atoms with Gasteiger partial charge in [0.15, 0.2) is 0 Å². The van der Waals surface area contributed by atoms with Gasteiger partial charge in [-0.1, -0.05) is 0 Å². The van der Waals surface area contributed by atoms with E-state index in [1.54, 1.807) is 0 Å². The molecule has 0 spiro atoms. The van der Waals surface area contributed by atoms with Gasteiger partial charge in [-0.05, 0) is 0 Å². The van der Waals surface area contributed by atoms with Crippen LogP contribution in [0.1, 0.15) is 0 Å². The Balaban J connectivity index is 3.62. The number of hydrogen-bond acceptors (Lipinski definition) is 4. The molecule has 10 heavy (non-hydrogen) atoms. The third-order valence-electron chi connectivity index (χ3n) is 0.898. The molecule has 6 heteroatoms. The fourth-order valence-corrected chi connectivity index (χ4v) is 0.580. The van der Waals surface area contributed by atoms with Gasteiger partial charge in [0.2, 0.25) is 5.88 Å². The van der Waals surface area contributed by atoms with Gasteiger partial charge in [0, 0.05) is 0 Å². The van der Waals surface area contributed by atoms with Crippen LogP contribution >= 0.6 is 12.6 Å². The summed E-state index contributed by atoms with van der Waals surface area (Å²) < 4.78 is 0. The fourth-order valence-electron chi connectivity index (χ4n) is 0.468. The minimum Gasteiger partial charge on any atom is -0.494 e. The average molecular weight is 160 g/mol. The predicted octanol–water partition coefficient (Wildman–Crippen LogP) is -0.943. The molecule has 0 aromatic carbocycles. The van der Waals surface area contributed by atoms with Gasteiger partial charge in [0.25, 0.3) is 5.56 Å². The Morgan fingerprint density at radius 1 is 1.30 bits per heavy atom. The van der Waals surface area contributed by atoms with E-state index < -0.39 is 17.1 Å². The molecule has 3 N–H and O–H groups in total. The lowest BCUT2D eigenvalue weighted by molar-refractivity contribution is 0.433. The summed E-state index contributed by atoms with van der Waals surface area (Å²) in [6.45, 7) is 0. The van der Waals surface area contributed by atoms with E-state index in [4.69, 9.17) is 5.11 Å². The van der Waals surface area contributed by atoms with Gasteiger partial charge in [-0.25, -0.2) is 4.79 Å². The number of thiol groups is 1. The van der Waals surface area contributed by atoms with E-state index in [9.17, 15) is 9.59 Å². The van der Waals surface area contributed by atoms with Crippen molar-refractivity contribution in [2.75, 3.05) is 0 Å². The number of aromatic hydroxyl groups is 1. The highest BCUT2D eigenvalue weighted by atomic mass is 32.1. The third kappa shape index (κ3) is 1.06. The lowest BCUT2D eigenvalue weighted by Crippen LogP contribution is -2.22. The van der Waals surface area contributed by atoms with Gasteiger partial charge in [0.05, 0.1) is 0 Å². The Kier molecular flexibility index (Phi) is 1.54. The van der Waals surface area contributed by atoms with Gasteiger partial charge in [-0.15, -0.1) is 12.6 Å². The standard InChI is InChI=1S/C4H4N2O3S/c7-2-1(10)3(8)6-4(9)5-2/h10H,(H3,5,6,7,8,9). The molecule has 0 aliphatic carbocycles. The first-order valence-corrected chi connectivity index (χ1v) is 2.80. The molecule has 54 valence electrons. The second kappa shape index (κ2) is 2.22. The third-order valence-corrected chi connectivity index (χ3v) is 1.31. The predicted molar refractivity (Wildman–Crippen MR) is 36.6 cm³/mol. The SMILES string of the molecule is O=c1[nH]c(O)c(S)c(=O)[nH]1. The van der Waals surface area contributed by atoms with Crippen molar-refractivity contribution in [3.63, 3.8) is 0 Å². The fraction of sp³-hybridized carbons (Fsp3) is 0. The lowest BCUT2D eigenvalue weighted by Gasteiger charge is -1.91. The molecular formula is C4H4N2O3S. The molecule has 0 radical (unpaired) electrons. The van der Waals surface area contributed by atoms with Crippen LogP contribution in [0.15, 0.2) is 14.5 Å². The Morgan fingerprint density at radius 2 is 1.90 bits per heavy atom. The monoisotopic (exact) mass is 160 g/mol. The molecule has 0 saturated heterocycles. The number of aromatic nitrogens is 2. The topological polar surface area (TPSA) is 85.9 Å². The minimum absolute atomic E-state index is 0.195. The molecule has 0 saturated carbocycles. The van der Waals surface area contributed by atoms with Crippen molar-refractivity contribution in [2.24, 2.45) is 0 Å². The molecule has 0 aliphatic rings. The molecule has 1 aromatic heterocycles. The Labute approximate surface area is 60.1 Å². The average Bonchev–Trinajstić information content (AvgIpc) is 1.82. The van der Waals surface area contributed by atoms with E-state index in [1.165, 1.54) is 0 Å². The van der Waals surface area contributed by atoms with E-state index in [0.29, 0.717) is 0 Å². The van der Waals surface area contributed by atoms with Crippen molar-refractivity contribution in [1.82, 2.24) is 9.97 Å². The van der Waals surface area contributed by atoms with Crippen LogP contribution in [0.25, 0.3) is 0 Å². The first-order chi connectivity index (χ1) is 4.61. The zero-order chi connectivity index (χ0) is 7.72. The Bertz CT molecular complexity index is 352. The largest absolute Gasteiger partial charge is 0.494 e. The first kappa shape index (κ1) is 6.94. The summed E-state index contributed by atoms with van der Waals surface area (Å²) in [6, 6.07) is 0. The second-order valence-electron chi connectivity index (χ2n) is 1.61. The van der Waals surface area contributed by atoms with E-state index in [0.717, 1.165) is 0 Å². The number of H-pyrrole nitrogens is 2. The molecule has 0 atom stereocenters. The van der Waals surface area contributed by atoms with Crippen LogP contribution in [-0.4, -0.2) is 15.1 Å². The Morgan fingerprint density at radius 3 is 2.40 bits per heavy atom. The number of hydrogen-bond donors (Lipinski definition) is 4. The molecule has 0 unspecified atom stereocenters. The summed E-state index contributed by atoms with van der Waals surface area (Å²) in [5.74, 6) is -0.517. The molecule has 1 heterocycles. The van der Waals surface area contributed by atoms with Gasteiger partial charge in [-0.3, -0.25) is 14.8 Å². The molecular weight excluding hydrogens is 156 g/mol. The van der Waals surface area contributed by atoms with Crippen LogP contribution in [0.4, 0.5) is 0 Å². The van der Waals surface area contributed by atoms with Crippen LogP contribution < -0.4 is 11.2 Å². The van der Waals surface area contributed by atoms with Crippen LogP contribution in [0.5, 0.6) is 5.88 Å². The summed E-state index contributed by atoms with van der Waals surface area (Å²) in [5, 5.41) is 8.73. The van der Waals surface area contributed by atoms with Crippen LogP contribution in [0, 0.1) is 0 Å². The van der Waals surface area contributed by atoms with Crippen molar-refractivity contribution < 1.29 is 5.11 Å². The van der Waals surface area contributed by atoms with Crippen molar-refractivity contribution in [3.8, 4) is 5.88 Å². The smallest absolute Gasteiger partial charge is 0.328 e. The lowest BCUT2D eigenvalue weighted by atomic mass is 10.6. The van der Waals surface area contributed by atoms with E-state index in [1.807, 2.05) is 9.97 Å². The van der Waals surface area contributed by atoms with Gasteiger partial charge in [-0.2, -0.15) is 0 Å². The molecule has 0 bridgehead atoms. The zero-order valence-corrected chi connectivity index (χ0v) is 5.61. The highest BCUT2D eigenvalue weighted by Gasteiger charge is 2.00. The zero-order valence-electron chi connectivity index (χ0n) is 4.71. The number of rotatable bonds is 0. The summed E-state index contributed by atoms with van der Waals surface area (Å²) in [5.41, 5.74) is -1.45. The summed E-state index contributed by atoms with van der Waals surface area (Å²) >= 11 is 3.59. The van der Waals surface area contributed by atoms with Crippen LogP contribution in [0.2, 0.25) is 0 Å². The Hall–Kier alpha value is -1.17. The highest BCUT2D eigenvalue weighted by molar-refractivity contribution is 7.80. The van der Waals surface area contributed by atoms with Gasteiger partial charge >= 0.3 is 5.69 Å². The van der Waals surface area contributed by atoms with Crippen molar-refractivity contribution in [2.45, 2.75) is 4.90 Å². The first-order valence-electron chi connectivity index (χ1n) is 2.36. The summed E-state index contributed by atoms with van der Waals surface area (Å²) in [7, 11) is 0.